The van der Waals surface area contributed by atoms with Gasteiger partial charge in [-0.25, -0.2) is 0 Å². The molecule has 1 heterocycles. The third-order valence-corrected chi connectivity index (χ3v) is 4.23. The van der Waals surface area contributed by atoms with E-state index in [1.54, 1.807) is 0 Å². The van der Waals surface area contributed by atoms with Crippen molar-refractivity contribution in [2.45, 2.75) is 17.4 Å². The van der Waals surface area contributed by atoms with Crippen LogP contribution in [0.3, 0.4) is 0 Å². The van der Waals surface area contributed by atoms with E-state index in [4.69, 9.17) is 0 Å². The molecule has 1 saturated heterocycles. The zero-order valence-corrected chi connectivity index (χ0v) is 13.0. The first-order valence-corrected chi connectivity index (χ1v) is 7.17. The van der Waals surface area contributed by atoms with E-state index < -0.39 is 0 Å². The molecule has 5 heteroatoms. The standard InChI is InChI=1S/C13H17BrN2OS/c1-15(2)10-5-6-16(8-10)13(17)11-4-3-9(14)7-12(11)18/h3-4,7,10,18H,5-6,8H2,1-2H3. The minimum absolute atomic E-state index is 0.0804. The lowest BCUT2D eigenvalue weighted by Gasteiger charge is -2.21. The van der Waals surface area contributed by atoms with Crippen molar-refractivity contribution in [1.29, 1.82) is 0 Å². The summed E-state index contributed by atoms with van der Waals surface area (Å²) in [5.41, 5.74) is 0.681. The van der Waals surface area contributed by atoms with Crippen molar-refractivity contribution in [1.82, 2.24) is 9.80 Å². The average molecular weight is 329 g/mol. The summed E-state index contributed by atoms with van der Waals surface area (Å²) in [5.74, 6) is 0.0804. The fraction of sp³-hybridized carbons (Fsp3) is 0.462. The van der Waals surface area contributed by atoms with E-state index >= 15 is 0 Å². The minimum atomic E-state index is 0.0804. The Labute approximate surface area is 122 Å². The van der Waals surface area contributed by atoms with E-state index in [-0.39, 0.29) is 5.91 Å². The average Bonchev–Trinajstić information content (AvgIpc) is 2.77. The first-order valence-electron chi connectivity index (χ1n) is 5.93. The monoisotopic (exact) mass is 328 g/mol. The van der Waals surface area contributed by atoms with Crippen LogP contribution in [0.1, 0.15) is 16.8 Å². The van der Waals surface area contributed by atoms with Gasteiger partial charge in [-0.15, -0.1) is 12.6 Å². The second kappa shape index (κ2) is 5.63. The molecule has 1 aromatic carbocycles. The molecular weight excluding hydrogens is 312 g/mol. The summed E-state index contributed by atoms with van der Waals surface area (Å²) in [7, 11) is 4.12. The Kier molecular flexibility index (Phi) is 4.35. The van der Waals surface area contributed by atoms with Gasteiger partial charge in [-0.1, -0.05) is 15.9 Å². The van der Waals surface area contributed by atoms with Crippen LogP contribution in [0, 0.1) is 0 Å². The third kappa shape index (κ3) is 2.90. The number of likely N-dealkylation sites (tertiary alicyclic amines) is 1. The molecule has 18 heavy (non-hydrogen) atoms. The Hall–Kier alpha value is -0.520. The van der Waals surface area contributed by atoms with Crippen LogP contribution in [-0.4, -0.2) is 48.9 Å². The van der Waals surface area contributed by atoms with Crippen LogP contribution < -0.4 is 0 Å². The summed E-state index contributed by atoms with van der Waals surface area (Å²) in [6.45, 7) is 1.63. The zero-order valence-electron chi connectivity index (χ0n) is 10.6. The number of likely N-dealkylation sites (N-methyl/N-ethyl adjacent to an activating group) is 1. The van der Waals surface area contributed by atoms with Gasteiger partial charge in [0.15, 0.2) is 0 Å². The molecule has 1 unspecified atom stereocenters. The summed E-state index contributed by atoms with van der Waals surface area (Å²) in [6, 6.07) is 6.04. The van der Waals surface area contributed by atoms with Crippen molar-refractivity contribution in [3.8, 4) is 0 Å². The molecule has 1 aromatic rings. The third-order valence-electron chi connectivity index (χ3n) is 3.37. The Bertz CT molecular complexity index is 464. The van der Waals surface area contributed by atoms with E-state index in [0.717, 1.165) is 28.9 Å². The number of halogens is 1. The minimum Gasteiger partial charge on any atom is -0.337 e. The first kappa shape index (κ1) is 13.9. The predicted molar refractivity (Wildman–Crippen MR) is 79.4 cm³/mol. The Morgan fingerprint density at radius 3 is 2.78 bits per heavy atom. The number of thiol groups is 1. The van der Waals surface area contributed by atoms with E-state index in [1.807, 2.05) is 23.1 Å². The normalized spacial score (nSPS) is 19.6. The van der Waals surface area contributed by atoms with Gasteiger partial charge in [0.05, 0.1) is 5.56 Å². The molecule has 1 fully saturated rings. The fourth-order valence-corrected chi connectivity index (χ4v) is 3.05. The summed E-state index contributed by atoms with van der Waals surface area (Å²) in [6.07, 6.45) is 1.04. The molecule has 1 amide bonds. The second-order valence-electron chi connectivity index (χ2n) is 4.82. The van der Waals surface area contributed by atoms with Gasteiger partial charge in [0, 0.05) is 28.5 Å². The van der Waals surface area contributed by atoms with Gasteiger partial charge in [-0.2, -0.15) is 0 Å². The molecule has 0 spiro atoms. The first-order chi connectivity index (χ1) is 8.49. The second-order valence-corrected chi connectivity index (χ2v) is 6.22. The highest BCUT2D eigenvalue weighted by atomic mass is 79.9. The lowest BCUT2D eigenvalue weighted by atomic mass is 10.2. The molecule has 0 bridgehead atoms. The van der Waals surface area contributed by atoms with Crippen LogP contribution in [0.25, 0.3) is 0 Å². The number of rotatable bonds is 2. The van der Waals surface area contributed by atoms with E-state index in [1.165, 1.54) is 0 Å². The van der Waals surface area contributed by atoms with Crippen molar-refractivity contribution >= 4 is 34.5 Å². The molecule has 0 saturated carbocycles. The van der Waals surface area contributed by atoms with Gasteiger partial charge in [0.2, 0.25) is 0 Å². The molecule has 1 aliphatic heterocycles. The highest BCUT2D eigenvalue weighted by Gasteiger charge is 2.28. The summed E-state index contributed by atoms with van der Waals surface area (Å²) in [5, 5.41) is 0. The highest BCUT2D eigenvalue weighted by Crippen LogP contribution is 2.23. The van der Waals surface area contributed by atoms with E-state index in [2.05, 4.69) is 47.6 Å². The van der Waals surface area contributed by atoms with Crippen molar-refractivity contribution in [2.24, 2.45) is 0 Å². The molecule has 1 aliphatic rings. The molecule has 3 nitrogen and oxygen atoms in total. The SMILES string of the molecule is CN(C)C1CCN(C(=O)c2ccc(Br)cc2S)C1. The lowest BCUT2D eigenvalue weighted by molar-refractivity contribution is 0.0779. The van der Waals surface area contributed by atoms with Crippen LogP contribution >= 0.6 is 28.6 Å². The Balaban J connectivity index is 2.13. The fourth-order valence-electron chi connectivity index (χ4n) is 2.20. The molecule has 0 aliphatic carbocycles. The number of hydrogen-bond donors (Lipinski definition) is 1. The summed E-state index contributed by atoms with van der Waals surface area (Å²) < 4.78 is 0.941. The quantitative estimate of drug-likeness (QED) is 0.843. The predicted octanol–water partition coefficient (Wildman–Crippen LogP) is 2.51. The number of carbonyl (C=O) groups excluding carboxylic acids is 1. The van der Waals surface area contributed by atoms with Crippen molar-refractivity contribution in [3.05, 3.63) is 28.2 Å². The lowest BCUT2D eigenvalue weighted by Crippen LogP contribution is -2.34. The molecule has 0 N–H and O–H groups in total. The van der Waals surface area contributed by atoms with Crippen molar-refractivity contribution in [3.63, 3.8) is 0 Å². The number of amides is 1. The van der Waals surface area contributed by atoms with E-state index in [0.29, 0.717) is 11.6 Å². The number of carbonyl (C=O) groups is 1. The van der Waals surface area contributed by atoms with Gasteiger partial charge in [0.1, 0.15) is 0 Å². The summed E-state index contributed by atoms with van der Waals surface area (Å²) in [4.78, 5) is 17.2. The molecule has 98 valence electrons. The van der Waals surface area contributed by atoms with Crippen molar-refractivity contribution in [2.75, 3.05) is 27.2 Å². The largest absolute Gasteiger partial charge is 0.337 e. The van der Waals surface area contributed by atoms with Gasteiger partial charge in [-0.3, -0.25) is 4.79 Å². The maximum Gasteiger partial charge on any atom is 0.255 e. The topological polar surface area (TPSA) is 23.6 Å². The van der Waals surface area contributed by atoms with Crippen LogP contribution in [0.4, 0.5) is 0 Å². The highest BCUT2D eigenvalue weighted by molar-refractivity contribution is 9.10. The van der Waals surface area contributed by atoms with Crippen LogP contribution in [0.2, 0.25) is 0 Å². The van der Waals surface area contributed by atoms with Gasteiger partial charge in [0.25, 0.3) is 5.91 Å². The Morgan fingerprint density at radius 1 is 1.50 bits per heavy atom. The zero-order chi connectivity index (χ0) is 13.3. The molecular formula is C13H17BrN2OS. The summed E-state index contributed by atoms with van der Waals surface area (Å²) >= 11 is 7.75. The van der Waals surface area contributed by atoms with Crippen LogP contribution in [0.15, 0.2) is 27.6 Å². The van der Waals surface area contributed by atoms with Crippen molar-refractivity contribution < 1.29 is 4.79 Å². The maximum absolute atomic E-state index is 12.4. The molecule has 0 radical (unpaired) electrons. The maximum atomic E-state index is 12.4. The molecule has 2 rings (SSSR count). The van der Waals surface area contributed by atoms with Gasteiger partial charge < -0.3 is 9.80 Å². The number of nitrogens with zero attached hydrogens (tertiary/aromatic N) is 2. The molecule has 0 aromatic heterocycles. The Morgan fingerprint density at radius 2 is 2.22 bits per heavy atom. The van der Waals surface area contributed by atoms with E-state index in [9.17, 15) is 4.79 Å². The smallest absolute Gasteiger partial charge is 0.255 e. The number of benzene rings is 1. The van der Waals surface area contributed by atoms with Crippen LogP contribution in [-0.2, 0) is 0 Å². The van der Waals surface area contributed by atoms with Gasteiger partial charge in [-0.05, 0) is 38.7 Å². The van der Waals surface area contributed by atoms with Crippen LogP contribution in [0.5, 0.6) is 0 Å². The number of hydrogen-bond acceptors (Lipinski definition) is 3. The van der Waals surface area contributed by atoms with Gasteiger partial charge >= 0.3 is 0 Å². The molecule has 1 atom stereocenters.